The summed E-state index contributed by atoms with van der Waals surface area (Å²) in [6.07, 6.45) is 6.89. The Morgan fingerprint density at radius 1 is 0.750 bits per heavy atom. The summed E-state index contributed by atoms with van der Waals surface area (Å²) in [5.74, 6) is 0.375. The fourth-order valence-electron chi connectivity index (χ4n) is 5.21. The zero-order chi connectivity index (χ0) is 30.3. The fraction of sp³-hybridized carbons (Fsp3) is 0.0789. The monoisotopic (exact) mass is 578 g/mol. The first-order valence-electron chi connectivity index (χ1n) is 14.3. The lowest BCUT2D eigenvalue weighted by atomic mass is 9.96. The van der Waals surface area contributed by atoms with Gasteiger partial charge in [0.1, 0.15) is 11.5 Å². The highest BCUT2D eigenvalue weighted by molar-refractivity contribution is 6.11. The van der Waals surface area contributed by atoms with E-state index in [0.717, 1.165) is 33.2 Å². The average Bonchev–Trinajstić information content (AvgIpc) is 3.53. The second-order valence-electron chi connectivity index (χ2n) is 10.3. The lowest BCUT2D eigenvalue weighted by molar-refractivity contribution is -0.129. The molecule has 0 fully saturated rings. The Labute approximate surface area is 256 Å². The maximum absolute atomic E-state index is 13.6. The molecular formula is C38H30N2O4. The summed E-state index contributed by atoms with van der Waals surface area (Å²) in [7, 11) is 1.62. The molecule has 1 aliphatic heterocycles. The van der Waals surface area contributed by atoms with E-state index < -0.39 is 5.97 Å². The van der Waals surface area contributed by atoms with Gasteiger partial charge in [-0.3, -0.25) is 4.79 Å². The lowest BCUT2D eigenvalue weighted by Gasteiger charge is -2.21. The number of carbonyl (C=O) groups is 2. The Kier molecular flexibility index (Phi) is 8.41. The van der Waals surface area contributed by atoms with Crippen molar-refractivity contribution >= 4 is 40.5 Å². The number of hydrazone groups is 1. The molecule has 1 unspecified atom stereocenters. The first-order chi connectivity index (χ1) is 21.6. The van der Waals surface area contributed by atoms with Crippen LogP contribution in [-0.4, -0.2) is 29.7 Å². The molecule has 1 amide bonds. The van der Waals surface area contributed by atoms with E-state index >= 15 is 0 Å². The standard InChI is InChI=1S/C38H30N2O4/c1-43-31-21-18-30(19-22-31)35-26-34(39-40(35)36(41)24-16-27-10-4-2-5-11-27)33-23-20-29-14-8-9-15-32(29)38(33)44-37(42)25-17-28-12-6-3-7-13-28/h2-25,35H,26H2,1H3. The summed E-state index contributed by atoms with van der Waals surface area (Å²) >= 11 is 0. The molecule has 1 heterocycles. The highest BCUT2D eigenvalue weighted by atomic mass is 16.5. The molecular weight excluding hydrogens is 548 g/mol. The van der Waals surface area contributed by atoms with Gasteiger partial charge in [-0.25, -0.2) is 9.80 Å². The van der Waals surface area contributed by atoms with E-state index in [-0.39, 0.29) is 11.9 Å². The van der Waals surface area contributed by atoms with Crippen molar-refractivity contribution < 1.29 is 19.1 Å². The van der Waals surface area contributed by atoms with E-state index in [1.165, 1.54) is 17.2 Å². The van der Waals surface area contributed by atoms with E-state index in [4.69, 9.17) is 14.6 Å². The first kappa shape index (κ1) is 28.4. The van der Waals surface area contributed by atoms with Gasteiger partial charge in [0.25, 0.3) is 5.91 Å². The third-order valence-electron chi connectivity index (χ3n) is 7.46. The molecule has 0 aliphatic carbocycles. The van der Waals surface area contributed by atoms with Crippen LogP contribution in [-0.2, 0) is 9.59 Å². The smallest absolute Gasteiger partial charge is 0.336 e. The van der Waals surface area contributed by atoms with Crippen LogP contribution < -0.4 is 9.47 Å². The number of benzene rings is 5. The molecule has 5 aromatic rings. The van der Waals surface area contributed by atoms with E-state index in [1.807, 2.05) is 121 Å². The van der Waals surface area contributed by atoms with E-state index in [2.05, 4.69) is 0 Å². The molecule has 0 bridgehead atoms. The SMILES string of the molecule is COc1ccc(C2CC(c3ccc4ccccc4c3OC(=O)C=Cc3ccccc3)=NN2C(=O)C=Cc2ccccc2)cc1. The van der Waals surface area contributed by atoms with Gasteiger partial charge in [0, 0.05) is 29.5 Å². The molecule has 0 radical (unpaired) electrons. The fourth-order valence-corrected chi connectivity index (χ4v) is 5.21. The van der Waals surface area contributed by atoms with Crippen LogP contribution in [0.25, 0.3) is 22.9 Å². The van der Waals surface area contributed by atoms with Crippen molar-refractivity contribution in [3.8, 4) is 11.5 Å². The van der Waals surface area contributed by atoms with Crippen LogP contribution in [0.4, 0.5) is 0 Å². The van der Waals surface area contributed by atoms with Gasteiger partial charge in [0.15, 0.2) is 0 Å². The molecule has 0 saturated carbocycles. The highest BCUT2D eigenvalue weighted by Gasteiger charge is 2.34. The number of amides is 1. The van der Waals surface area contributed by atoms with Crippen LogP contribution >= 0.6 is 0 Å². The van der Waals surface area contributed by atoms with Crippen molar-refractivity contribution in [1.82, 2.24) is 5.01 Å². The molecule has 44 heavy (non-hydrogen) atoms. The van der Waals surface area contributed by atoms with Crippen molar-refractivity contribution in [2.75, 3.05) is 7.11 Å². The Morgan fingerprint density at radius 3 is 2.07 bits per heavy atom. The molecule has 1 atom stereocenters. The quantitative estimate of drug-likeness (QED) is 0.107. The minimum atomic E-state index is -0.504. The summed E-state index contributed by atoms with van der Waals surface area (Å²) in [6.45, 7) is 0. The van der Waals surface area contributed by atoms with Crippen LogP contribution in [0.2, 0.25) is 0 Å². The molecule has 5 aromatic carbocycles. The molecule has 6 nitrogen and oxygen atoms in total. The summed E-state index contributed by atoms with van der Waals surface area (Å²) in [5, 5.41) is 8.06. The second kappa shape index (κ2) is 13.0. The third kappa shape index (κ3) is 6.35. The summed E-state index contributed by atoms with van der Waals surface area (Å²) in [6, 6.07) is 38.1. The predicted octanol–water partition coefficient (Wildman–Crippen LogP) is 7.86. The molecule has 0 aromatic heterocycles. The first-order valence-corrected chi connectivity index (χ1v) is 14.3. The molecule has 216 valence electrons. The lowest BCUT2D eigenvalue weighted by Crippen LogP contribution is -2.25. The van der Waals surface area contributed by atoms with Gasteiger partial charge < -0.3 is 9.47 Å². The number of esters is 1. The van der Waals surface area contributed by atoms with Crippen molar-refractivity contribution in [1.29, 1.82) is 0 Å². The number of hydrogen-bond acceptors (Lipinski definition) is 5. The molecule has 6 heteroatoms. The van der Waals surface area contributed by atoms with Gasteiger partial charge >= 0.3 is 5.97 Å². The van der Waals surface area contributed by atoms with E-state index in [9.17, 15) is 9.59 Å². The van der Waals surface area contributed by atoms with E-state index in [0.29, 0.717) is 23.4 Å². The summed E-state index contributed by atoms with van der Waals surface area (Å²) in [4.78, 5) is 26.7. The Morgan fingerprint density at radius 2 is 1.39 bits per heavy atom. The van der Waals surface area contributed by atoms with Crippen molar-refractivity contribution in [3.05, 3.63) is 156 Å². The van der Waals surface area contributed by atoms with Crippen LogP contribution in [0.1, 0.15) is 34.7 Å². The normalized spacial score (nSPS) is 14.7. The maximum Gasteiger partial charge on any atom is 0.336 e. The summed E-state index contributed by atoms with van der Waals surface area (Å²) < 4.78 is 11.4. The van der Waals surface area contributed by atoms with Gasteiger partial charge in [-0.05, 0) is 52.4 Å². The molecule has 1 aliphatic rings. The average molecular weight is 579 g/mol. The van der Waals surface area contributed by atoms with Crippen LogP contribution in [0.3, 0.4) is 0 Å². The highest BCUT2D eigenvalue weighted by Crippen LogP contribution is 2.38. The Hall–Kier alpha value is -5.75. The minimum Gasteiger partial charge on any atom is -0.497 e. The maximum atomic E-state index is 13.6. The van der Waals surface area contributed by atoms with Crippen LogP contribution in [0, 0.1) is 0 Å². The zero-order valence-corrected chi connectivity index (χ0v) is 24.2. The number of rotatable bonds is 8. The van der Waals surface area contributed by atoms with Gasteiger partial charge in [0.2, 0.25) is 0 Å². The molecule has 0 N–H and O–H groups in total. The van der Waals surface area contributed by atoms with Crippen LogP contribution in [0.5, 0.6) is 11.5 Å². The number of ether oxygens (including phenoxy) is 2. The van der Waals surface area contributed by atoms with Crippen molar-refractivity contribution in [2.24, 2.45) is 5.10 Å². The Bertz CT molecular complexity index is 1880. The number of hydrogen-bond donors (Lipinski definition) is 0. The van der Waals surface area contributed by atoms with Crippen molar-refractivity contribution in [2.45, 2.75) is 12.5 Å². The molecule has 6 rings (SSSR count). The molecule has 0 spiro atoms. The summed E-state index contributed by atoms with van der Waals surface area (Å²) in [5.41, 5.74) is 4.02. The number of methoxy groups -OCH3 is 1. The third-order valence-corrected chi connectivity index (χ3v) is 7.46. The van der Waals surface area contributed by atoms with Crippen molar-refractivity contribution in [3.63, 3.8) is 0 Å². The second-order valence-corrected chi connectivity index (χ2v) is 10.3. The van der Waals surface area contributed by atoms with Crippen LogP contribution in [0.15, 0.2) is 139 Å². The van der Waals surface area contributed by atoms with Gasteiger partial charge in [-0.1, -0.05) is 103 Å². The predicted molar refractivity (Wildman–Crippen MR) is 174 cm³/mol. The largest absolute Gasteiger partial charge is 0.497 e. The number of carbonyl (C=O) groups excluding carboxylic acids is 2. The Balaban J connectivity index is 1.37. The van der Waals surface area contributed by atoms with E-state index in [1.54, 1.807) is 19.3 Å². The number of fused-ring (bicyclic) bond motifs is 1. The minimum absolute atomic E-state index is 0.255. The van der Waals surface area contributed by atoms with Gasteiger partial charge in [-0.15, -0.1) is 0 Å². The zero-order valence-electron chi connectivity index (χ0n) is 24.2. The van der Waals surface area contributed by atoms with Gasteiger partial charge in [0.05, 0.1) is 18.9 Å². The number of nitrogens with zero attached hydrogens (tertiary/aromatic N) is 2. The topological polar surface area (TPSA) is 68.2 Å². The molecule has 0 saturated heterocycles. The van der Waals surface area contributed by atoms with Gasteiger partial charge in [-0.2, -0.15) is 5.10 Å².